The van der Waals surface area contributed by atoms with E-state index in [1.807, 2.05) is 0 Å². The molecular weight excluding hydrogens is 289 g/mol. The molecule has 0 fully saturated rings. The van der Waals surface area contributed by atoms with Crippen molar-refractivity contribution in [3.63, 3.8) is 0 Å². The summed E-state index contributed by atoms with van der Waals surface area (Å²) < 4.78 is 48.3. The summed E-state index contributed by atoms with van der Waals surface area (Å²) in [6.45, 7) is 0. The Kier molecular flexibility index (Phi) is 2.55. The van der Waals surface area contributed by atoms with Crippen LogP contribution >= 0.6 is 22.6 Å². The maximum absolute atomic E-state index is 12.3. The van der Waals surface area contributed by atoms with Gasteiger partial charge in [0.15, 0.2) is 0 Å². The lowest BCUT2D eigenvalue weighted by Gasteiger charge is -2.04. The molecule has 0 spiro atoms. The highest BCUT2D eigenvalue weighted by molar-refractivity contribution is 14.1. The number of pyridine rings is 1. The van der Waals surface area contributed by atoms with Crippen LogP contribution < -0.4 is 0 Å². The second kappa shape index (κ2) is 3.15. The zero-order valence-corrected chi connectivity index (χ0v) is 7.65. The lowest BCUT2D eigenvalue weighted by atomic mass is 10.3. The lowest BCUT2D eigenvalue weighted by molar-refractivity contribution is -0.141. The minimum atomic E-state index is -4.58. The van der Waals surface area contributed by atoms with Gasteiger partial charge in [-0.25, -0.2) is 4.98 Å². The van der Waals surface area contributed by atoms with E-state index in [0.717, 1.165) is 12.1 Å². The van der Waals surface area contributed by atoms with E-state index in [9.17, 15) is 17.6 Å². The lowest BCUT2D eigenvalue weighted by Crippen LogP contribution is -2.09. The van der Waals surface area contributed by atoms with Gasteiger partial charge in [-0.3, -0.25) is 0 Å². The van der Waals surface area contributed by atoms with Crippen LogP contribution in [0.1, 0.15) is 5.69 Å². The Balaban J connectivity index is 3.18. The van der Waals surface area contributed by atoms with Crippen LogP contribution in [0.25, 0.3) is 0 Å². The third-order valence-electron chi connectivity index (χ3n) is 1.05. The van der Waals surface area contributed by atoms with Crippen molar-refractivity contribution in [3.8, 4) is 0 Å². The first kappa shape index (κ1) is 9.69. The molecule has 0 aliphatic heterocycles. The largest absolute Gasteiger partial charge is 0.433 e. The molecule has 0 amide bonds. The second-order valence-corrected chi connectivity index (χ2v) is 3.24. The molecule has 0 aromatic carbocycles. The normalized spacial score (nSPS) is 11.8. The molecule has 1 aromatic heterocycles. The van der Waals surface area contributed by atoms with E-state index in [1.165, 1.54) is 0 Å². The summed E-state index contributed by atoms with van der Waals surface area (Å²) in [5, 5.41) is 0. The number of halogens is 5. The minimum Gasteiger partial charge on any atom is -0.215 e. The van der Waals surface area contributed by atoms with Crippen LogP contribution in [-0.2, 0) is 6.18 Å². The standard InChI is InChI=1S/C6H2F4IN/c7-5-2-3(11)1-4(12-5)6(8,9)10/h1-2H. The summed E-state index contributed by atoms with van der Waals surface area (Å²) in [6.07, 6.45) is -4.58. The summed E-state index contributed by atoms with van der Waals surface area (Å²) >= 11 is 1.59. The van der Waals surface area contributed by atoms with Crippen molar-refractivity contribution in [2.24, 2.45) is 0 Å². The zero-order valence-electron chi connectivity index (χ0n) is 5.49. The van der Waals surface area contributed by atoms with E-state index >= 15 is 0 Å². The van der Waals surface area contributed by atoms with Crippen molar-refractivity contribution >= 4 is 22.6 Å². The van der Waals surface area contributed by atoms with Crippen molar-refractivity contribution < 1.29 is 17.6 Å². The summed E-state index contributed by atoms with van der Waals surface area (Å²) in [4.78, 5) is 2.71. The minimum absolute atomic E-state index is 0.174. The molecular formula is C6H2F4IN. The Morgan fingerprint density at radius 3 is 2.25 bits per heavy atom. The van der Waals surface area contributed by atoms with E-state index in [4.69, 9.17) is 0 Å². The quantitative estimate of drug-likeness (QED) is 0.407. The fourth-order valence-corrected chi connectivity index (χ4v) is 1.16. The van der Waals surface area contributed by atoms with Gasteiger partial charge in [-0.15, -0.1) is 0 Å². The van der Waals surface area contributed by atoms with Crippen molar-refractivity contribution in [1.29, 1.82) is 0 Å². The van der Waals surface area contributed by atoms with Crippen molar-refractivity contribution in [2.75, 3.05) is 0 Å². The highest BCUT2D eigenvalue weighted by Crippen LogP contribution is 2.28. The van der Waals surface area contributed by atoms with Crippen LogP contribution in [0, 0.1) is 9.52 Å². The number of alkyl halides is 3. The van der Waals surface area contributed by atoms with Gasteiger partial charge in [0.1, 0.15) is 5.69 Å². The first-order valence-electron chi connectivity index (χ1n) is 2.80. The topological polar surface area (TPSA) is 12.9 Å². The maximum atomic E-state index is 12.3. The molecule has 0 saturated carbocycles. The molecule has 0 bridgehead atoms. The molecule has 1 nitrogen and oxygen atoms in total. The second-order valence-electron chi connectivity index (χ2n) is 1.99. The Morgan fingerprint density at radius 2 is 1.83 bits per heavy atom. The van der Waals surface area contributed by atoms with Gasteiger partial charge in [-0.2, -0.15) is 17.6 Å². The number of hydrogen-bond donors (Lipinski definition) is 0. The fraction of sp³-hybridized carbons (Fsp3) is 0.167. The number of rotatable bonds is 0. The summed E-state index contributed by atoms with van der Waals surface area (Å²) in [7, 11) is 0. The van der Waals surface area contributed by atoms with Crippen molar-refractivity contribution in [1.82, 2.24) is 4.98 Å². The smallest absolute Gasteiger partial charge is 0.215 e. The molecule has 1 aromatic rings. The van der Waals surface area contributed by atoms with Crippen molar-refractivity contribution in [2.45, 2.75) is 6.18 Å². The van der Waals surface area contributed by atoms with Gasteiger partial charge in [0, 0.05) is 9.64 Å². The molecule has 0 radical (unpaired) electrons. The third-order valence-corrected chi connectivity index (χ3v) is 1.67. The summed E-state index contributed by atoms with van der Waals surface area (Å²) in [5.41, 5.74) is -1.20. The van der Waals surface area contributed by atoms with E-state index in [2.05, 4.69) is 4.98 Å². The van der Waals surface area contributed by atoms with Crippen LogP contribution in [0.2, 0.25) is 0 Å². The maximum Gasteiger partial charge on any atom is 0.433 e. The zero-order chi connectivity index (χ0) is 9.35. The molecule has 66 valence electrons. The Hall–Kier alpha value is -0.400. The van der Waals surface area contributed by atoms with Crippen LogP contribution in [0.5, 0.6) is 0 Å². The van der Waals surface area contributed by atoms with E-state index < -0.39 is 17.8 Å². The van der Waals surface area contributed by atoms with Crippen LogP contribution in [0.3, 0.4) is 0 Å². The third kappa shape index (κ3) is 2.29. The Bertz CT molecular complexity index is 276. The number of hydrogen-bond acceptors (Lipinski definition) is 1. The average molecular weight is 291 g/mol. The number of aromatic nitrogens is 1. The van der Waals surface area contributed by atoms with Gasteiger partial charge < -0.3 is 0 Å². The Morgan fingerprint density at radius 1 is 1.25 bits per heavy atom. The summed E-state index contributed by atoms with van der Waals surface area (Å²) in [6, 6.07) is 1.71. The van der Waals surface area contributed by atoms with Crippen LogP contribution in [0.4, 0.5) is 17.6 Å². The summed E-state index contributed by atoms with van der Waals surface area (Å²) in [5.74, 6) is -1.12. The average Bonchev–Trinajstić information content (AvgIpc) is 1.82. The molecule has 0 aliphatic rings. The molecule has 1 rings (SSSR count). The van der Waals surface area contributed by atoms with E-state index in [1.54, 1.807) is 22.6 Å². The molecule has 0 unspecified atom stereocenters. The highest BCUT2D eigenvalue weighted by Gasteiger charge is 2.33. The Labute approximate surface area is 78.9 Å². The molecule has 6 heteroatoms. The monoisotopic (exact) mass is 291 g/mol. The van der Waals surface area contributed by atoms with Gasteiger partial charge in [0.2, 0.25) is 5.95 Å². The van der Waals surface area contributed by atoms with Crippen molar-refractivity contribution in [3.05, 3.63) is 27.3 Å². The first-order valence-corrected chi connectivity index (χ1v) is 3.88. The molecule has 0 atom stereocenters. The van der Waals surface area contributed by atoms with Gasteiger partial charge in [0.05, 0.1) is 0 Å². The SMILES string of the molecule is Fc1cc(I)cc(C(F)(F)F)n1. The van der Waals surface area contributed by atoms with Crippen LogP contribution in [-0.4, -0.2) is 4.98 Å². The fourth-order valence-electron chi connectivity index (χ4n) is 0.611. The van der Waals surface area contributed by atoms with E-state index in [0.29, 0.717) is 0 Å². The highest BCUT2D eigenvalue weighted by atomic mass is 127. The number of nitrogens with zero attached hydrogens (tertiary/aromatic N) is 1. The van der Waals surface area contributed by atoms with Gasteiger partial charge in [-0.05, 0) is 28.7 Å². The predicted molar refractivity (Wildman–Crippen MR) is 41.9 cm³/mol. The van der Waals surface area contributed by atoms with Gasteiger partial charge >= 0.3 is 6.18 Å². The molecule has 0 saturated heterocycles. The molecule has 0 aliphatic carbocycles. The molecule has 0 N–H and O–H groups in total. The first-order chi connectivity index (χ1) is 5.39. The van der Waals surface area contributed by atoms with E-state index in [-0.39, 0.29) is 3.57 Å². The predicted octanol–water partition coefficient (Wildman–Crippen LogP) is 2.84. The van der Waals surface area contributed by atoms with Gasteiger partial charge in [-0.1, -0.05) is 0 Å². The van der Waals surface area contributed by atoms with Gasteiger partial charge in [0.25, 0.3) is 0 Å². The van der Waals surface area contributed by atoms with Crippen LogP contribution in [0.15, 0.2) is 12.1 Å². The molecule has 1 heterocycles. The molecule has 12 heavy (non-hydrogen) atoms.